The van der Waals surface area contributed by atoms with Crippen LogP contribution in [0.3, 0.4) is 0 Å². The van der Waals surface area contributed by atoms with Crippen molar-refractivity contribution < 1.29 is 19.0 Å². The zero-order valence-electron chi connectivity index (χ0n) is 20.4. The normalized spacial score (nSPS) is 18.8. The standard InChI is InChI=1S/C25H34N6O4/c1-29-6-2-3-19-17-20(4-5-22(19)29)26-24(32)21-18-23(35-16-9-30-7-12-33-13-8-30)28-25(27-21)31-10-14-34-15-11-31/h4-5,17-18H,2-3,6-16H2,1H3,(H,26,32). The van der Waals surface area contributed by atoms with Crippen LogP contribution in [0.2, 0.25) is 0 Å². The Morgan fingerprint density at radius 3 is 2.60 bits per heavy atom. The van der Waals surface area contributed by atoms with Gasteiger partial charge < -0.3 is 29.3 Å². The van der Waals surface area contributed by atoms with Crippen LogP contribution in [0.4, 0.5) is 17.3 Å². The lowest BCUT2D eigenvalue weighted by Gasteiger charge is -2.28. The second kappa shape index (κ2) is 11.2. The maximum Gasteiger partial charge on any atom is 0.274 e. The summed E-state index contributed by atoms with van der Waals surface area (Å²) in [6.07, 6.45) is 2.13. The number of aromatic nitrogens is 2. The summed E-state index contributed by atoms with van der Waals surface area (Å²) >= 11 is 0. The number of morpholine rings is 2. The van der Waals surface area contributed by atoms with Crippen LogP contribution in [0, 0.1) is 0 Å². The first kappa shape index (κ1) is 23.8. The third-order valence-corrected chi connectivity index (χ3v) is 6.67. The van der Waals surface area contributed by atoms with Crippen LogP contribution in [0.1, 0.15) is 22.5 Å². The van der Waals surface area contributed by atoms with E-state index in [1.165, 1.54) is 11.3 Å². The molecule has 35 heavy (non-hydrogen) atoms. The number of ether oxygens (including phenoxy) is 3. The molecule has 0 spiro atoms. The third kappa shape index (κ3) is 6.01. The second-order valence-corrected chi connectivity index (χ2v) is 9.12. The Labute approximate surface area is 206 Å². The number of nitrogens with zero attached hydrogens (tertiary/aromatic N) is 5. The van der Waals surface area contributed by atoms with Crippen molar-refractivity contribution in [3.05, 3.63) is 35.5 Å². The van der Waals surface area contributed by atoms with Gasteiger partial charge in [0.25, 0.3) is 5.91 Å². The van der Waals surface area contributed by atoms with Crippen molar-refractivity contribution in [3.63, 3.8) is 0 Å². The summed E-state index contributed by atoms with van der Waals surface area (Å²) in [5, 5.41) is 3.02. The minimum Gasteiger partial charge on any atom is -0.476 e. The molecule has 0 unspecified atom stereocenters. The van der Waals surface area contributed by atoms with Crippen LogP contribution in [-0.2, 0) is 15.9 Å². The molecule has 0 aliphatic carbocycles. The number of fused-ring (bicyclic) bond motifs is 1. The highest BCUT2D eigenvalue weighted by Gasteiger charge is 2.20. The van der Waals surface area contributed by atoms with Crippen molar-refractivity contribution in [3.8, 4) is 5.88 Å². The van der Waals surface area contributed by atoms with Crippen LogP contribution in [0.15, 0.2) is 24.3 Å². The number of aryl methyl sites for hydroxylation is 1. The molecule has 2 fully saturated rings. The Morgan fingerprint density at radius 1 is 1.03 bits per heavy atom. The Bertz CT molecular complexity index is 1020. The number of anilines is 3. The summed E-state index contributed by atoms with van der Waals surface area (Å²) in [4.78, 5) is 29.0. The van der Waals surface area contributed by atoms with Crippen LogP contribution < -0.4 is 19.9 Å². The molecule has 1 N–H and O–H groups in total. The zero-order chi connectivity index (χ0) is 24.0. The van der Waals surface area contributed by atoms with Crippen molar-refractivity contribution in [2.75, 3.05) is 94.5 Å². The molecule has 10 nitrogen and oxygen atoms in total. The van der Waals surface area contributed by atoms with Gasteiger partial charge in [0.1, 0.15) is 12.3 Å². The fourth-order valence-electron chi connectivity index (χ4n) is 4.67. The van der Waals surface area contributed by atoms with Gasteiger partial charge in [-0.3, -0.25) is 9.69 Å². The van der Waals surface area contributed by atoms with E-state index >= 15 is 0 Å². The van der Waals surface area contributed by atoms with E-state index in [2.05, 4.69) is 44.3 Å². The van der Waals surface area contributed by atoms with E-state index in [4.69, 9.17) is 14.2 Å². The van der Waals surface area contributed by atoms with Gasteiger partial charge in [-0.05, 0) is 36.6 Å². The largest absolute Gasteiger partial charge is 0.476 e. The minimum absolute atomic E-state index is 0.274. The van der Waals surface area contributed by atoms with Gasteiger partial charge in [-0.2, -0.15) is 4.98 Å². The Morgan fingerprint density at radius 2 is 1.80 bits per heavy atom. The molecule has 1 aromatic heterocycles. The summed E-state index contributed by atoms with van der Waals surface area (Å²) in [5.74, 6) is 0.630. The highest BCUT2D eigenvalue weighted by atomic mass is 16.5. The van der Waals surface area contributed by atoms with E-state index in [9.17, 15) is 4.79 Å². The average molecular weight is 483 g/mol. The molecule has 5 rings (SSSR count). The summed E-state index contributed by atoms with van der Waals surface area (Å²) in [5.41, 5.74) is 3.53. The molecule has 0 radical (unpaired) electrons. The first-order valence-electron chi connectivity index (χ1n) is 12.5. The molecule has 1 amide bonds. The smallest absolute Gasteiger partial charge is 0.274 e. The molecular weight excluding hydrogens is 448 g/mol. The number of amides is 1. The van der Waals surface area contributed by atoms with Gasteiger partial charge in [0.05, 0.1) is 26.4 Å². The second-order valence-electron chi connectivity index (χ2n) is 9.12. The summed E-state index contributed by atoms with van der Waals surface area (Å²) < 4.78 is 16.9. The number of carbonyl (C=O) groups is 1. The number of rotatable bonds is 7. The third-order valence-electron chi connectivity index (χ3n) is 6.67. The number of hydrogen-bond donors (Lipinski definition) is 1. The van der Waals surface area contributed by atoms with Crippen LogP contribution in [-0.4, -0.2) is 100 Å². The van der Waals surface area contributed by atoms with E-state index in [1.807, 2.05) is 11.0 Å². The van der Waals surface area contributed by atoms with Crippen LogP contribution in [0.25, 0.3) is 0 Å². The molecule has 0 saturated carbocycles. The Balaban J connectivity index is 1.31. The van der Waals surface area contributed by atoms with Crippen molar-refractivity contribution in [2.24, 2.45) is 0 Å². The molecular formula is C25H34N6O4. The lowest BCUT2D eigenvalue weighted by molar-refractivity contribution is 0.0320. The monoisotopic (exact) mass is 482 g/mol. The van der Waals surface area contributed by atoms with Gasteiger partial charge in [-0.1, -0.05) is 0 Å². The molecule has 2 saturated heterocycles. The van der Waals surface area contributed by atoms with E-state index < -0.39 is 0 Å². The molecule has 188 valence electrons. The molecule has 3 aliphatic heterocycles. The Hall–Kier alpha value is -2.95. The molecule has 4 heterocycles. The van der Waals surface area contributed by atoms with Crippen molar-refractivity contribution in [1.82, 2.24) is 14.9 Å². The number of carbonyl (C=O) groups excluding carboxylic acids is 1. The number of hydrogen-bond acceptors (Lipinski definition) is 9. The van der Waals surface area contributed by atoms with Crippen molar-refractivity contribution in [2.45, 2.75) is 12.8 Å². The molecule has 2 aromatic rings. The first-order chi connectivity index (χ1) is 17.2. The lowest BCUT2D eigenvalue weighted by atomic mass is 10.0. The van der Waals surface area contributed by atoms with Crippen molar-refractivity contribution in [1.29, 1.82) is 0 Å². The predicted octanol–water partition coefficient (Wildman–Crippen LogP) is 1.66. The van der Waals surface area contributed by atoms with Gasteiger partial charge in [0.15, 0.2) is 0 Å². The maximum atomic E-state index is 13.2. The van der Waals surface area contributed by atoms with Crippen molar-refractivity contribution >= 4 is 23.2 Å². The fraction of sp³-hybridized carbons (Fsp3) is 0.560. The van der Waals surface area contributed by atoms with Gasteiger partial charge >= 0.3 is 0 Å². The van der Waals surface area contributed by atoms with E-state index in [-0.39, 0.29) is 11.6 Å². The number of benzene rings is 1. The van der Waals surface area contributed by atoms with Gasteiger partial charge in [-0.25, -0.2) is 4.98 Å². The van der Waals surface area contributed by atoms with E-state index in [0.29, 0.717) is 44.7 Å². The topological polar surface area (TPSA) is 92.3 Å². The quantitative estimate of drug-likeness (QED) is 0.633. The molecule has 0 atom stereocenters. The predicted molar refractivity (Wildman–Crippen MR) is 134 cm³/mol. The Kier molecular flexibility index (Phi) is 7.60. The molecule has 0 bridgehead atoms. The average Bonchev–Trinajstić information content (AvgIpc) is 2.90. The summed E-state index contributed by atoms with van der Waals surface area (Å²) in [7, 11) is 2.10. The lowest BCUT2D eigenvalue weighted by Crippen LogP contribution is -2.39. The van der Waals surface area contributed by atoms with Gasteiger partial charge in [-0.15, -0.1) is 0 Å². The first-order valence-corrected chi connectivity index (χ1v) is 12.5. The highest BCUT2D eigenvalue weighted by Crippen LogP contribution is 2.29. The van der Waals surface area contributed by atoms with E-state index in [0.717, 1.165) is 57.9 Å². The van der Waals surface area contributed by atoms with Crippen LogP contribution in [0.5, 0.6) is 5.88 Å². The summed E-state index contributed by atoms with van der Waals surface area (Å²) in [6, 6.07) is 7.71. The SMILES string of the molecule is CN1CCCc2cc(NC(=O)c3cc(OCCN4CCOCC4)nc(N4CCOCC4)n3)ccc21. The van der Waals surface area contributed by atoms with Gasteiger partial charge in [0, 0.05) is 63.8 Å². The molecule has 10 heteroatoms. The highest BCUT2D eigenvalue weighted by molar-refractivity contribution is 6.03. The van der Waals surface area contributed by atoms with Crippen LogP contribution >= 0.6 is 0 Å². The molecule has 1 aromatic carbocycles. The minimum atomic E-state index is -0.274. The fourth-order valence-corrected chi connectivity index (χ4v) is 4.67. The maximum absolute atomic E-state index is 13.2. The number of nitrogens with one attached hydrogen (secondary N) is 1. The van der Waals surface area contributed by atoms with E-state index in [1.54, 1.807) is 6.07 Å². The summed E-state index contributed by atoms with van der Waals surface area (Å²) in [6.45, 7) is 8.19. The van der Waals surface area contributed by atoms with Gasteiger partial charge in [0.2, 0.25) is 11.8 Å². The zero-order valence-corrected chi connectivity index (χ0v) is 20.4. The molecule has 3 aliphatic rings.